The summed E-state index contributed by atoms with van der Waals surface area (Å²) in [6, 6.07) is 21.0. The molecule has 2 aliphatic rings. The smallest absolute Gasteiger partial charge is 0.172 e. The zero-order chi connectivity index (χ0) is 18.7. The molecule has 0 spiro atoms. The van der Waals surface area contributed by atoms with E-state index in [0.29, 0.717) is 12.3 Å². The lowest BCUT2D eigenvalue weighted by Gasteiger charge is -2.55. The first-order valence-electron chi connectivity index (χ1n) is 10.7. The number of hydrogen-bond donors (Lipinski definition) is 2. The van der Waals surface area contributed by atoms with Crippen molar-refractivity contribution >= 4 is 0 Å². The molecule has 2 atom stereocenters. The van der Waals surface area contributed by atoms with Crippen molar-refractivity contribution in [3.05, 3.63) is 71.8 Å². The topological polar surface area (TPSA) is 40.5 Å². The van der Waals surface area contributed by atoms with E-state index in [9.17, 15) is 10.2 Å². The van der Waals surface area contributed by atoms with Crippen LogP contribution in [0.1, 0.15) is 74.8 Å². The Morgan fingerprint density at radius 1 is 0.704 bits per heavy atom. The molecular formula is C25H32O2. The molecule has 2 aromatic carbocycles. The Balaban J connectivity index is 1.91. The maximum absolute atomic E-state index is 11.5. The Labute approximate surface area is 163 Å². The molecule has 0 amide bonds. The molecule has 0 heterocycles. The van der Waals surface area contributed by atoms with Gasteiger partial charge in [-0.15, -0.1) is 0 Å². The molecule has 2 heteroatoms. The Morgan fingerprint density at radius 3 is 1.93 bits per heavy atom. The number of aliphatic hydroxyl groups is 2. The van der Waals surface area contributed by atoms with Crippen LogP contribution in [-0.4, -0.2) is 16.0 Å². The van der Waals surface area contributed by atoms with E-state index in [1.807, 2.05) is 18.2 Å². The summed E-state index contributed by atoms with van der Waals surface area (Å²) in [5.74, 6) is -1.04. The quantitative estimate of drug-likeness (QED) is 0.699. The normalized spacial score (nSPS) is 27.2. The third kappa shape index (κ3) is 3.34. The molecule has 2 nitrogen and oxygen atoms in total. The first-order chi connectivity index (χ1) is 13.2. The fourth-order valence-corrected chi connectivity index (χ4v) is 5.98. The summed E-state index contributed by atoms with van der Waals surface area (Å²) in [6.07, 6.45) is 9.40. The highest BCUT2D eigenvalue weighted by molar-refractivity contribution is 5.38. The van der Waals surface area contributed by atoms with Crippen LogP contribution in [0.3, 0.4) is 0 Å². The largest absolute Gasteiger partial charge is 0.365 e. The maximum atomic E-state index is 11.5. The van der Waals surface area contributed by atoms with Crippen molar-refractivity contribution in [2.24, 2.45) is 5.92 Å². The van der Waals surface area contributed by atoms with E-state index in [-0.39, 0.29) is 5.92 Å². The average molecular weight is 365 g/mol. The zero-order valence-electron chi connectivity index (χ0n) is 16.2. The standard InChI is InChI=1S/C25H32O2/c26-25(27)19-11-10-18-24(25,22-16-8-3-9-17-22)23(20-12-4-1-5-13-20)21-14-6-2-7-15-21/h1,3-5,8-9,12-13,16-17,21,23,26-27H,2,6-7,10-11,14-15,18-19H2. The van der Waals surface area contributed by atoms with Crippen molar-refractivity contribution in [2.45, 2.75) is 74.9 Å². The molecule has 0 bridgehead atoms. The molecule has 2 aliphatic carbocycles. The summed E-state index contributed by atoms with van der Waals surface area (Å²) in [7, 11) is 0. The number of rotatable bonds is 4. The minimum Gasteiger partial charge on any atom is -0.365 e. The van der Waals surface area contributed by atoms with Gasteiger partial charge in [-0.3, -0.25) is 0 Å². The minimum absolute atomic E-state index is 0.136. The second-order valence-corrected chi connectivity index (χ2v) is 8.65. The Morgan fingerprint density at radius 2 is 1.30 bits per heavy atom. The molecular weight excluding hydrogens is 332 g/mol. The van der Waals surface area contributed by atoms with Gasteiger partial charge in [0, 0.05) is 12.3 Å². The van der Waals surface area contributed by atoms with Crippen LogP contribution < -0.4 is 0 Å². The molecule has 2 saturated carbocycles. The zero-order valence-corrected chi connectivity index (χ0v) is 16.2. The monoisotopic (exact) mass is 364 g/mol. The highest BCUT2D eigenvalue weighted by Gasteiger charge is 2.58. The van der Waals surface area contributed by atoms with Crippen molar-refractivity contribution in [3.8, 4) is 0 Å². The van der Waals surface area contributed by atoms with Crippen LogP contribution in [0.2, 0.25) is 0 Å². The number of benzene rings is 2. The van der Waals surface area contributed by atoms with Crippen LogP contribution in [-0.2, 0) is 5.41 Å². The van der Waals surface area contributed by atoms with E-state index in [0.717, 1.165) is 24.8 Å². The summed E-state index contributed by atoms with van der Waals surface area (Å²) in [4.78, 5) is 0. The second kappa shape index (κ2) is 7.77. The molecule has 27 heavy (non-hydrogen) atoms. The summed E-state index contributed by atoms with van der Waals surface area (Å²) < 4.78 is 0. The Hall–Kier alpha value is -1.64. The van der Waals surface area contributed by atoms with E-state index >= 15 is 0 Å². The Bertz CT molecular complexity index is 719. The van der Waals surface area contributed by atoms with Crippen LogP contribution >= 0.6 is 0 Å². The van der Waals surface area contributed by atoms with Crippen LogP contribution in [0.4, 0.5) is 0 Å². The van der Waals surface area contributed by atoms with Gasteiger partial charge >= 0.3 is 0 Å². The lowest BCUT2D eigenvalue weighted by atomic mass is 9.52. The maximum Gasteiger partial charge on any atom is 0.172 e. The van der Waals surface area contributed by atoms with Crippen molar-refractivity contribution in [3.63, 3.8) is 0 Å². The third-order valence-electron chi connectivity index (χ3n) is 7.16. The lowest BCUT2D eigenvalue weighted by molar-refractivity contribution is -0.242. The van der Waals surface area contributed by atoms with Gasteiger partial charge in [0.2, 0.25) is 0 Å². The first-order valence-corrected chi connectivity index (χ1v) is 10.7. The van der Waals surface area contributed by atoms with Crippen molar-refractivity contribution in [1.82, 2.24) is 0 Å². The summed E-state index contributed by atoms with van der Waals surface area (Å²) in [5, 5.41) is 22.9. The van der Waals surface area contributed by atoms with Gasteiger partial charge in [-0.2, -0.15) is 0 Å². The summed E-state index contributed by atoms with van der Waals surface area (Å²) >= 11 is 0. The molecule has 0 saturated heterocycles. The van der Waals surface area contributed by atoms with Gasteiger partial charge in [0.25, 0.3) is 0 Å². The van der Waals surface area contributed by atoms with Crippen LogP contribution in [0, 0.1) is 5.92 Å². The molecule has 0 aliphatic heterocycles. The summed E-state index contributed by atoms with van der Waals surface area (Å²) in [6.45, 7) is 0. The molecule has 144 valence electrons. The fourth-order valence-electron chi connectivity index (χ4n) is 5.98. The molecule has 2 N–H and O–H groups in total. The van der Waals surface area contributed by atoms with Gasteiger partial charge in [-0.05, 0) is 42.7 Å². The van der Waals surface area contributed by atoms with Crippen molar-refractivity contribution < 1.29 is 10.2 Å². The van der Waals surface area contributed by atoms with E-state index in [1.165, 1.54) is 37.7 Å². The van der Waals surface area contributed by atoms with Crippen molar-refractivity contribution in [2.75, 3.05) is 0 Å². The predicted molar refractivity (Wildman–Crippen MR) is 110 cm³/mol. The predicted octanol–water partition coefficient (Wildman–Crippen LogP) is 5.54. The molecule has 2 aromatic rings. The van der Waals surface area contributed by atoms with Crippen LogP contribution in [0.25, 0.3) is 0 Å². The SMILES string of the molecule is OC1(O)CCCCC1(c1ccccc1)C(c1ccccc1)C1CCCCC1. The van der Waals surface area contributed by atoms with Gasteiger partial charge in [-0.1, -0.05) is 86.3 Å². The molecule has 2 fully saturated rings. The molecule has 0 aromatic heterocycles. The van der Waals surface area contributed by atoms with E-state index in [1.54, 1.807) is 0 Å². The van der Waals surface area contributed by atoms with Gasteiger partial charge in [-0.25, -0.2) is 0 Å². The van der Waals surface area contributed by atoms with E-state index in [2.05, 4.69) is 42.5 Å². The van der Waals surface area contributed by atoms with E-state index in [4.69, 9.17) is 0 Å². The van der Waals surface area contributed by atoms with Crippen LogP contribution in [0.15, 0.2) is 60.7 Å². The number of hydrogen-bond acceptors (Lipinski definition) is 2. The molecule has 4 rings (SSSR count). The van der Waals surface area contributed by atoms with Crippen LogP contribution in [0.5, 0.6) is 0 Å². The minimum atomic E-state index is -1.68. The summed E-state index contributed by atoms with van der Waals surface area (Å²) in [5.41, 5.74) is 1.72. The lowest BCUT2D eigenvalue weighted by Crippen LogP contribution is -2.58. The Kier molecular flexibility index (Phi) is 5.39. The average Bonchev–Trinajstić information content (AvgIpc) is 2.72. The van der Waals surface area contributed by atoms with Gasteiger partial charge in [0.15, 0.2) is 5.79 Å². The fraction of sp³-hybridized carbons (Fsp3) is 0.520. The van der Waals surface area contributed by atoms with Gasteiger partial charge in [0.05, 0.1) is 5.41 Å². The molecule has 2 unspecified atom stereocenters. The highest BCUT2D eigenvalue weighted by atomic mass is 16.5. The first kappa shape index (κ1) is 18.7. The molecule has 0 radical (unpaired) electrons. The highest BCUT2D eigenvalue weighted by Crippen LogP contribution is 2.58. The van der Waals surface area contributed by atoms with E-state index < -0.39 is 11.2 Å². The van der Waals surface area contributed by atoms with Gasteiger partial charge < -0.3 is 10.2 Å². The van der Waals surface area contributed by atoms with Crippen molar-refractivity contribution in [1.29, 1.82) is 0 Å². The third-order valence-corrected chi connectivity index (χ3v) is 7.16. The second-order valence-electron chi connectivity index (χ2n) is 8.65. The van der Waals surface area contributed by atoms with Gasteiger partial charge in [0.1, 0.15) is 0 Å².